The quantitative estimate of drug-likeness (QED) is 0.843. The van der Waals surface area contributed by atoms with Gasteiger partial charge >= 0.3 is 0 Å². The van der Waals surface area contributed by atoms with Gasteiger partial charge in [0.25, 0.3) is 0 Å². The molecule has 0 spiro atoms. The summed E-state index contributed by atoms with van der Waals surface area (Å²) in [5.74, 6) is 0.436. The number of nitrogens with zero attached hydrogens (tertiary/aromatic N) is 1. The second-order valence-corrected chi connectivity index (χ2v) is 6.64. The van der Waals surface area contributed by atoms with Crippen molar-refractivity contribution >= 4 is 5.91 Å². The number of carbonyl (C=O) groups excluding carboxylic acids is 1. The lowest BCUT2D eigenvalue weighted by Gasteiger charge is -2.30. The number of hydrogen-bond donors (Lipinski definition) is 2. The number of carbonyl (C=O) groups is 1. The fraction of sp³-hybridized carbons (Fsp3) is 0.474. The van der Waals surface area contributed by atoms with Gasteiger partial charge in [0.2, 0.25) is 11.8 Å². The van der Waals surface area contributed by atoms with E-state index in [0.29, 0.717) is 29.6 Å². The Morgan fingerprint density at radius 3 is 2.68 bits per heavy atom. The minimum absolute atomic E-state index is 0.0243. The van der Waals surface area contributed by atoms with Crippen LogP contribution in [0.2, 0.25) is 0 Å². The summed E-state index contributed by atoms with van der Waals surface area (Å²) in [6.45, 7) is 0.454. The molecule has 1 aromatic heterocycles. The second-order valence-electron chi connectivity index (χ2n) is 6.64. The van der Waals surface area contributed by atoms with Gasteiger partial charge in [0.15, 0.2) is 0 Å². The lowest BCUT2D eigenvalue weighted by atomic mass is 9.84. The van der Waals surface area contributed by atoms with E-state index in [4.69, 9.17) is 10.2 Å². The lowest BCUT2D eigenvalue weighted by molar-refractivity contribution is -0.121. The summed E-state index contributed by atoms with van der Waals surface area (Å²) in [6, 6.07) is 5.91. The molecular weight excluding hydrogens is 321 g/mol. The van der Waals surface area contributed by atoms with Gasteiger partial charge in [0.05, 0.1) is 12.1 Å². The molecule has 134 valence electrons. The van der Waals surface area contributed by atoms with Crippen LogP contribution >= 0.6 is 0 Å². The Balaban J connectivity index is 1.58. The molecular formula is C19H24FN3O2. The van der Waals surface area contributed by atoms with Crippen molar-refractivity contribution in [3.8, 4) is 11.5 Å². The highest BCUT2D eigenvalue weighted by atomic mass is 19.1. The van der Waals surface area contributed by atoms with Crippen LogP contribution in [0.4, 0.5) is 4.39 Å². The van der Waals surface area contributed by atoms with Crippen molar-refractivity contribution in [1.29, 1.82) is 0 Å². The summed E-state index contributed by atoms with van der Waals surface area (Å²) in [6.07, 6.45) is 7.56. The molecule has 0 bridgehead atoms. The Hall–Kier alpha value is -2.21. The van der Waals surface area contributed by atoms with Crippen molar-refractivity contribution in [2.24, 2.45) is 11.7 Å². The first-order chi connectivity index (χ1) is 12.2. The van der Waals surface area contributed by atoms with Crippen LogP contribution in [0.1, 0.15) is 37.8 Å². The highest BCUT2D eigenvalue weighted by Gasteiger charge is 2.24. The van der Waals surface area contributed by atoms with E-state index in [1.54, 1.807) is 12.1 Å². The molecule has 1 unspecified atom stereocenters. The molecule has 1 aliphatic rings. The predicted octanol–water partition coefficient (Wildman–Crippen LogP) is 3.05. The zero-order valence-corrected chi connectivity index (χ0v) is 14.2. The lowest BCUT2D eigenvalue weighted by Crippen LogP contribution is -2.46. The third-order valence-corrected chi connectivity index (χ3v) is 4.80. The molecule has 2 aromatic rings. The SMILES string of the molecule is NCC(NC(=O)Cc1coc(-c2ccc(F)cc2)n1)C1CCCCC1. The molecule has 0 aliphatic heterocycles. The molecule has 1 fully saturated rings. The van der Waals surface area contributed by atoms with Gasteiger partial charge in [-0.3, -0.25) is 4.79 Å². The van der Waals surface area contributed by atoms with Crippen molar-refractivity contribution in [3.63, 3.8) is 0 Å². The van der Waals surface area contributed by atoms with Gasteiger partial charge in [-0.05, 0) is 43.0 Å². The van der Waals surface area contributed by atoms with Crippen LogP contribution in [-0.2, 0) is 11.2 Å². The first kappa shape index (κ1) is 17.6. The first-order valence-electron chi connectivity index (χ1n) is 8.85. The topological polar surface area (TPSA) is 81.1 Å². The Morgan fingerprint density at radius 2 is 2.00 bits per heavy atom. The van der Waals surface area contributed by atoms with Gasteiger partial charge < -0.3 is 15.5 Å². The largest absolute Gasteiger partial charge is 0.444 e. The Kier molecular flexibility index (Phi) is 5.81. The maximum Gasteiger partial charge on any atom is 0.226 e. The maximum atomic E-state index is 13.0. The van der Waals surface area contributed by atoms with Crippen molar-refractivity contribution < 1.29 is 13.6 Å². The number of halogens is 1. The minimum Gasteiger partial charge on any atom is -0.444 e. The summed E-state index contributed by atoms with van der Waals surface area (Å²) < 4.78 is 18.4. The van der Waals surface area contributed by atoms with Crippen LogP contribution < -0.4 is 11.1 Å². The van der Waals surface area contributed by atoms with Gasteiger partial charge in [-0.1, -0.05) is 19.3 Å². The summed E-state index contributed by atoms with van der Waals surface area (Å²) in [5.41, 5.74) is 7.09. The molecule has 0 saturated heterocycles. The molecule has 6 heteroatoms. The molecule has 25 heavy (non-hydrogen) atoms. The van der Waals surface area contributed by atoms with Gasteiger partial charge in [-0.25, -0.2) is 9.37 Å². The number of hydrogen-bond acceptors (Lipinski definition) is 4. The summed E-state index contributed by atoms with van der Waals surface area (Å²) in [7, 11) is 0. The highest BCUT2D eigenvalue weighted by molar-refractivity contribution is 5.78. The molecule has 1 amide bonds. The van der Waals surface area contributed by atoms with E-state index >= 15 is 0 Å². The molecule has 3 rings (SSSR count). The number of oxazole rings is 1. The highest BCUT2D eigenvalue weighted by Crippen LogP contribution is 2.26. The van der Waals surface area contributed by atoms with E-state index in [-0.39, 0.29) is 24.2 Å². The van der Waals surface area contributed by atoms with Crippen molar-refractivity contribution in [1.82, 2.24) is 10.3 Å². The van der Waals surface area contributed by atoms with Gasteiger partial charge in [0, 0.05) is 18.2 Å². The average Bonchev–Trinajstić information content (AvgIpc) is 3.09. The van der Waals surface area contributed by atoms with Gasteiger partial charge in [0.1, 0.15) is 12.1 Å². The normalized spacial score (nSPS) is 16.6. The van der Waals surface area contributed by atoms with Crippen LogP contribution in [0.3, 0.4) is 0 Å². The van der Waals surface area contributed by atoms with E-state index in [9.17, 15) is 9.18 Å². The van der Waals surface area contributed by atoms with E-state index < -0.39 is 0 Å². The van der Waals surface area contributed by atoms with Crippen LogP contribution in [0, 0.1) is 11.7 Å². The number of benzene rings is 1. The fourth-order valence-electron chi connectivity index (χ4n) is 3.44. The Labute approximate surface area is 146 Å². The van der Waals surface area contributed by atoms with E-state index in [1.807, 2.05) is 0 Å². The van der Waals surface area contributed by atoms with Crippen LogP contribution in [0.15, 0.2) is 34.9 Å². The first-order valence-corrected chi connectivity index (χ1v) is 8.85. The van der Waals surface area contributed by atoms with Crippen LogP contribution in [-0.4, -0.2) is 23.5 Å². The number of amides is 1. The third-order valence-electron chi connectivity index (χ3n) is 4.80. The zero-order valence-electron chi connectivity index (χ0n) is 14.2. The predicted molar refractivity (Wildman–Crippen MR) is 93.2 cm³/mol. The molecule has 1 heterocycles. The third kappa shape index (κ3) is 4.66. The fourth-order valence-corrected chi connectivity index (χ4v) is 3.44. The molecule has 5 nitrogen and oxygen atoms in total. The standard InChI is InChI=1S/C19H24FN3O2/c20-15-8-6-14(7-9-15)19-22-16(12-25-19)10-18(24)23-17(11-21)13-4-2-1-3-5-13/h6-9,12-13,17H,1-5,10-11,21H2,(H,23,24). The Bertz CT molecular complexity index is 693. The molecule has 1 saturated carbocycles. The van der Waals surface area contributed by atoms with Crippen LogP contribution in [0.5, 0.6) is 0 Å². The molecule has 3 N–H and O–H groups in total. The summed E-state index contributed by atoms with van der Waals surface area (Å²) in [5, 5.41) is 3.05. The van der Waals surface area contributed by atoms with Gasteiger partial charge in [-0.15, -0.1) is 0 Å². The van der Waals surface area contributed by atoms with Gasteiger partial charge in [-0.2, -0.15) is 0 Å². The van der Waals surface area contributed by atoms with E-state index in [2.05, 4.69) is 10.3 Å². The monoisotopic (exact) mass is 345 g/mol. The number of nitrogens with one attached hydrogen (secondary N) is 1. The number of rotatable bonds is 6. The van der Waals surface area contributed by atoms with Crippen molar-refractivity contribution in [2.75, 3.05) is 6.54 Å². The van der Waals surface area contributed by atoms with Crippen molar-refractivity contribution in [3.05, 3.63) is 42.0 Å². The number of nitrogens with two attached hydrogens (primary N) is 1. The van der Waals surface area contributed by atoms with E-state index in [1.165, 1.54) is 37.7 Å². The van der Waals surface area contributed by atoms with Crippen molar-refractivity contribution in [2.45, 2.75) is 44.6 Å². The zero-order chi connectivity index (χ0) is 17.6. The maximum absolute atomic E-state index is 13.0. The molecule has 1 aliphatic carbocycles. The molecule has 1 atom stereocenters. The molecule has 0 radical (unpaired) electrons. The summed E-state index contributed by atoms with van der Waals surface area (Å²) >= 11 is 0. The molecule has 1 aromatic carbocycles. The second kappa shape index (κ2) is 8.25. The van der Waals surface area contributed by atoms with Crippen LogP contribution in [0.25, 0.3) is 11.5 Å². The smallest absolute Gasteiger partial charge is 0.226 e. The Morgan fingerprint density at radius 1 is 1.28 bits per heavy atom. The average molecular weight is 345 g/mol. The van der Waals surface area contributed by atoms with E-state index in [0.717, 1.165) is 12.8 Å². The summed E-state index contributed by atoms with van der Waals surface area (Å²) in [4.78, 5) is 16.6. The minimum atomic E-state index is -0.314. The number of aromatic nitrogens is 1.